The van der Waals surface area contributed by atoms with Crippen molar-refractivity contribution in [2.24, 2.45) is 0 Å². The molecule has 154 valence electrons. The molecule has 0 bridgehead atoms. The maximum absolute atomic E-state index is 12.3. The predicted molar refractivity (Wildman–Crippen MR) is 109 cm³/mol. The molecule has 0 atom stereocenters. The first kappa shape index (κ1) is 22.0. The lowest BCUT2D eigenvalue weighted by Crippen LogP contribution is -2.29. The molecular formula is C20H28N2O5S. The number of hydrogen-bond donors (Lipinski definition) is 2. The molecule has 0 saturated carbocycles. The van der Waals surface area contributed by atoms with Gasteiger partial charge in [-0.1, -0.05) is 24.3 Å². The summed E-state index contributed by atoms with van der Waals surface area (Å²) in [5.41, 5.74) is 0. The van der Waals surface area contributed by atoms with Gasteiger partial charge in [-0.05, 0) is 44.2 Å². The van der Waals surface area contributed by atoms with Crippen molar-refractivity contribution >= 4 is 10.0 Å². The molecule has 0 heterocycles. The number of sulfonamides is 1. The molecule has 0 aromatic heterocycles. The highest BCUT2D eigenvalue weighted by molar-refractivity contribution is 7.89. The Morgan fingerprint density at radius 1 is 0.857 bits per heavy atom. The number of rotatable bonds is 13. The molecule has 7 nitrogen and oxygen atoms in total. The molecule has 0 aliphatic heterocycles. The van der Waals surface area contributed by atoms with Crippen LogP contribution in [-0.4, -0.2) is 48.4 Å². The highest BCUT2D eigenvalue weighted by Crippen LogP contribution is 2.26. The summed E-state index contributed by atoms with van der Waals surface area (Å²) in [4.78, 5) is 0.145. The van der Waals surface area contributed by atoms with Crippen molar-refractivity contribution in [2.45, 2.75) is 18.2 Å². The summed E-state index contributed by atoms with van der Waals surface area (Å²) in [6.07, 6.45) is 0.657. The molecule has 0 radical (unpaired) electrons. The second kappa shape index (κ2) is 11.5. The Balaban J connectivity index is 1.65. The summed E-state index contributed by atoms with van der Waals surface area (Å²) in [6, 6.07) is 14.1. The summed E-state index contributed by atoms with van der Waals surface area (Å²) in [5, 5.41) is 3.23. The summed E-state index contributed by atoms with van der Waals surface area (Å²) in [6.45, 7) is 4.67. The molecule has 2 aromatic carbocycles. The summed E-state index contributed by atoms with van der Waals surface area (Å²) >= 11 is 0. The van der Waals surface area contributed by atoms with Gasteiger partial charge in [-0.2, -0.15) is 0 Å². The van der Waals surface area contributed by atoms with E-state index < -0.39 is 10.0 Å². The van der Waals surface area contributed by atoms with E-state index in [0.29, 0.717) is 45.0 Å². The molecule has 28 heavy (non-hydrogen) atoms. The number of benzene rings is 2. The molecule has 0 fully saturated rings. The van der Waals surface area contributed by atoms with Gasteiger partial charge in [0.2, 0.25) is 10.0 Å². The Morgan fingerprint density at radius 2 is 1.50 bits per heavy atom. The molecule has 0 saturated heterocycles. The van der Waals surface area contributed by atoms with Crippen LogP contribution in [0.2, 0.25) is 0 Å². The first-order valence-electron chi connectivity index (χ1n) is 9.26. The molecule has 0 unspecified atom stereocenters. The minimum absolute atomic E-state index is 0.145. The highest BCUT2D eigenvalue weighted by Gasteiger charge is 2.17. The number of hydrogen-bond acceptors (Lipinski definition) is 6. The van der Waals surface area contributed by atoms with Gasteiger partial charge >= 0.3 is 0 Å². The van der Waals surface area contributed by atoms with Gasteiger partial charge < -0.3 is 19.5 Å². The van der Waals surface area contributed by atoms with E-state index in [9.17, 15) is 8.42 Å². The predicted octanol–water partition coefficient (Wildman–Crippen LogP) is 2.43. The van der Waals surface area contributed by atoms with Crippen LogP contribution in [0, 0.1) is 0 Å². The number of ether oxygens (including phenoxy) is 3. The van der Waals surface area contributed by atoms with Crippen LogP contribution in [0.15, 0.2) is 53.4 Å². The van der Waals surface area contributed by atoms with Crippen molar-refractivity contribution in [2.75, 3.05) is 40.0 Å². The molecule has 0 amide bonds. The fourth-order valence-electron chi connectivity index (χ4n) is 2.54. The molecule has 8 heteroatoms. The second-order valence-electron chi connectivity index (χ2n) is 5.88. The lowest BCUT2D eigenvalue weighted by Gasteiger charge is -2.12. The Kier molecular flexibility index (Phi) is 9.06. The van der Waals surface area contributed by atoms with Crippen LogP contribution in [0.3, 0.4) is 0 Å². The number of methoxy groups -OCH3 is 1. The fourth-order valence-corrected chi connectivity index (χ4v) is 3.78. The fraction of sp³-hybridized carbons (Fsp3) is 0.400. The van der Waals surface area contributed by atoms with Gasteiger partial charge in [-0.3, -0.25) is 0 Å². The van der Waals surface area contributed by atoms with E-state index in [-0.39, 0.29) is 4.90 Å². The van der Waals surface area contributed by atoms with Gasteiger partial charge in [0.1, 0.15) is 17.3 Å². The maximum Gasteiger partial charge on any atom is 0.244 e. The highest BCUT2D eigenvalue weighted by atomic mass is 32.2. The third-order valence-corrected chi connectivity index (χ3v) is 5.37. The smallest absolute Gasteiger partial charge is 0.244 e. The zero-order chi connectivity index (χ0) is 20.2. The van der Waals surface area contributed by atoms with Crippen LogP contribution in [0.25, 0.3) is 0 Å². The van der Waals surface area contributed by atoms with Crippen LogP contribution in [-0.2, 0) is 10.0 Å². The van der Waals surface area contributed by atoms with Gasteiger partial charge in [0.25, 0.3) is 0 Å². The Morgan fingerprint density at radius 3 is 2.18 bits per heavy atom. The largest absolute Gasteiger partial charge is 0.495 e. The van der Waals surface area contributed by atoms with Crippen molar-refractivity contribution in [3.63, 3.8) is 0 Å². The second-order valence-corrected chi connectivity index (χ2v) is 7.62. The topological polar surface area (TPSA) is 85.9 Å². The number of para-hydroxylation sites is 3. The van der Waals surface area contributed by atoms with Crippen molar-refractivity contribution in [3.8, 4) is 17.2 Å². The quantitative estimate of drug-likeness (QED) is 0.495. The first-order valence-corrected chi connectivity index (χ1v) is 10.7. The average molecular weight is 409 g/mol. The molecular weight excluding hydrogens is 380 g/mol. The van der Waals surface area contributed by atoms with Gasteiger partial charge in [0, 0.05) is 13.1 Å². The Labute approximate surface area is 167 Å². The normalized spacial score (nSPS) is 11.2. The van der Waals surface area contributed by atoms with Crippen molar-refractivity contribution < 1.29 is 22.6 Å². The molecule has 2 N–H and O–H groups in total. The van der Waals surface area contributed by atoms with Gasteiger partial charge in [0.15, 0.2) is 11.5 Å². The first-order chi connectivity index (χ1) is 13.6. The lowest BCUT2D eigenvalue weighted by atomic mass is 10.3. The van der Waals surface area contributed by atoms with Gasteiger partial charge in [-0.15, -0.1) is 0 Å². The Hall–Kier alpha value is -2.29. The van der Waals surface area contributed by atoms with Crippen LogP contribution >= 0.6 is 0 Å². The van der Waals surface area contributed by atoms with Crippen LogP contribution in [0.4, 0.5) is 0 Å². The van der Waals surface area contributed by atoms with Crippen molar-refractivity contribution in [1.29, 1.82) is 0 Å². The average Bonchev–Trinajstić information content (AvgIpc) is 2.71. The molecule has 0 aliphatic rings. The summed E-state index contributed by atoms with van der Waals surface area (Å²) < 4.78 is 43.6. The summed E-state index contributed by atoms with van der Waals surface area (Å²) in [7, 11) is -2.14. The van der Waals surface area contributed by atoms with E-state index >= 15 is 0 Å². The molecule has 0 spiro atoms. The standard InChI is InChI=1S/C20H28N2O5S/c1-3-26-17-9-4-5-10-18(17)27-16-15-21-13-8-14-22-28(23,24)20-12-7-6-11-19(20)25-2/h4-7,9-12,21-22H,3,8,13-16H2,1-2H3. The maximum atomic E-state index is 12.3. The van der Waals surface area contributed by atoms with Crippen LogP contribution in [0.5, 0.6) is 17.2 Å². The molecule has 2 rings (SSSR count). The van der Waals surface area contributed by atoms with Gasteiger partial charge in [-0.25, -0.2) is 13.1 Å². The zero-order valence-corrected chi connectivity index (χ0v) is 17.1. The Bertz CT molecular complexity index is 827. The molecule has 2 aromatic rings. The van der Waals surface area contributed by atoms with E-state index in [2.05, 4.69) is 10.0 Å². The van der Waals surface area contributed by atoms with Crippen molar-refractivity contribution in [3.05, 3.63) is 48.5 Å². The van der Waals surface area contributed by atoms with E-state index in [1.54, 1.807) is 18.2 Å². The van der Waals surface area contributed by atoms with E-state index in [4.69, 9.17) is 14.2 Å². The monoisotopic (exact) mass is 408 g/mol. The van der Waals surface area contributed by atoms with Crippen LogP contribution < -0.4 is 24.2 Å². The zero-order valence-electron chi connectivity index (χ0n) is 16.3. The minimum atomic E-state index is -3.59. The van der Waals surface area contributed by atoms with E-state index in [1.165, 1.54) is 13.2 Å². The van der Waals surface area contributed by atoms with Crippen molar-refractivity contribution in [1.82, 2.24) is 10.0 Å². The SMILES string of the molecule is CCOc1ccccc1OCCNCCCNS(=O)(=O)c1ccccc1OC. The van der Waals surface area contributed by atoms with Crippen LogP contribution in [0.1, 0.15) is 13.3 Å². The van der Waals surface area contributed by atoms with E-state index in [0.717, 1.165) is 11.5 Å². The third kappa shape index (κ3) is 6.70. The van der Waals surface area contributed by atoms with Gasteiger partial charge in [0.05, 0.1) is 13.7 Å². The molecule has 0 aliphatic carbocycles. The third-order valence-electron chi connectivity index (χ3n) is 3.87. The summed E-state index contributed by atoms with van der Waals surface area (Å²) in [5.74, 6) is 1.78. The lowest BCUT2D eigenvalue weighted by molar-refractivity contribution is 0.276. The number of nitrogens with one attached hydrogen (secondary N) is 2. The minimum Gasteiger partial charge on any atom is -0.495 e. The van der Waals surface area contributed by atoms with E-state index in [1.807, 2.05) is 31.2 Å².